The summed E-state index contributed by atoms with van der Waals surface area (Å²) in [4.78, 5) is 11.7. The third kappa shape index (κ3) is 1.27. The van der Waals surface area contributed by atoms with E-state index in [4.69, 9.17) is 4.74 Å². The Kier molecular flexibility index (Phi) is 2.12. The van der Waals surface area contributed by atoms with Crippen molar-refractivity contribution in [1.29, 1.82) is 0 Å². The van der Waals surface area contributed by atoms with Gasteiger partial charge in [-0.15, -0.1) is 0 Å². The summed E-state index contributed by atoms with van der Waals surface area (Å²) in [5.74, 6) is 0.846. The highest BCUT2D eigenvalue weighted by Gasteiger charge is 2.29. The minimum atomic E-state index is 0.157. The van der Waals surface area contributed by atoms with E-state index in [0.29, 0.717) is 12.2 Å². The minimum Gasteiger partial charge on any atom is -0.496 e. The van der Waals surface area contributed by atoms with Crippen LogP contribution in [0.5, 0.6) is 5.75 Å². The number of rotatable bonds is 1. The maximum atomic E-state index is 11.5. The molecule has 1 aliphatic rings. The molecule has 0 heterocycles. The van der Waals surface area contributed by atoms with Crippen LogP contribution in [0.2, 0.25) is 0 Å². The molecule has 1 aliphatic carbocycles. The zero-order valence-corrected chi connectivity index (χ0v) is 8.80. The van der Waals surface area contributed by atoms with Crippen LogP contribution < -0.4 is 4.74 Å². The SMILES string of the molecule is COc1cccc2c1C(=O)CC2Br. The monoisotopic (exact) mass is 240 g/mol. The van der Waals surface area contributed by atoms with Crippen molar-refractivity contribution in [3.05, 3.63) is 29.3 Å². The lowest BCUT2D eigenvalue weighted by atomic mass is 10.1. The summed E-state index contributed by atoms with van der Waals surface area (Å²) in [5, 5.41) is 0. The molecular weight excluding hydrogens is 232 g/mol. The van der Waals surface area contributed by atoms with E-state index in [9.17, 15) is 4.79 Å². The minimum absolute atomic E-state index is 0.157. The van der Waals surface area contributed by atoms with Gasteiger partial charge in [-0.2, -0.15) is 0 Å². The van der Waals surface area contributed by atoms with Crippen LogP contribution in [0.25, 0.3) is 0 Å². The number of hydrogen-bond donors (Lipinski definition) is 0. The number of ketones is 1. The standard InChI is InChI=1S/C10H9BrO2/c1-13-9-4-2-3-6-7(11)5-8(12)10(6)9/h2-4,7H,5H2,1H3. The lowest BCUT2D eigenvalue weighted by Gasteiger charge is -2.05. The Morgan fingerprint density at radius 2 is 2.31 bits per heavy atom. The zero-order valence-electron chi connectivity index (χ0n) is 7.21. The highest BCUT2D eigenvalue weighted by molar-refractivity contribution is 9.09. The number of methoxy groups -OCH3 is 1. The van der Waals surface area contributed by atoms with Crippen molar-refractivity contribution < 1.29 is 9.53 Å². The van der Waals surface area contributed by atoms with Gasteiger partial charge in [-0.1, -0.05) is 28.1 Å². The number of Topliss-reactive ketones (excluding diaryl/α,β-unsaturated/α-hetero) is 1. The topological polar surface area (TPSA) is 26.3 Å². The summed E-state index contributed by atoms with van der Waals surface area (Å²) < 4.78 is 5.13. The van der Waals surface area contributed by atoms with Gasteiger partial charge in [0.05, 0.1) is 12.7 Å². The smallest absolute Gasteiger partial charge is 0.168 e. The van der Waals surface area contributed by atoms with Gasteiger partial charge in [0.15, 0.2) is 5.78 Å². The summed E-state index contributed by atoms with van der Waals surface area (Å²) in [6, 6.07) is 5.69. The van der Waals surface area contributed by atoms with Gasteiger partial charge in [-0.05, 0) is 11.6 Å². The van der Waals surface area contributed by atoms with Crippen LogP contribution in [-0.2, 0) is 0 Å². The maximum absolute atomic E-state index is 11.5. The van der Waals surface area contributed by atoms with E-state index < -0.39 is 0 Å². The normalized spacial score (nSPS) is 20.2. The first-order chi connectivity index (χ1) is 6.24. The Morgan fingerprint density at radius 3 is 3.00 bits per heavy atom. The Balaban J connectivity index is 2.62. The summed E-state index contributed by atoms with van der Waals surface area (Å²) in [5.41, 5.74) is 1.79. The predicted octanol–water partition coefficient (Wildman–Crippen LogP) is 2.72. The number of halogens is 1. The summed E-state index contributed by atoms with van der Waals surface area (Å²) in [6.45, 7) is 0. The fourth-order valence-electron chi connectivity index (χ4n) is 1.65. The van der Waals surface area contributed by atoms with E-state index in [1.165, 1.54) is 0 Å². The Bertz CT molecular complexity index is 360. The molecule has 0 bridgehead atoms. The zero-order chi connectivity index (χ0) is 9.42. The van der Waals surface area contributed by atoms with Crippen molar-refractivity contribution in [1.82, 2.24) is 0 Å². The van der Waals surface area contributed by atoms with Gasteiger partial charge >= 0.3 is 0 Å². The molecule has 2 nitrogen and oxygen atoms in total. The van der Waals surface area contributed by atoms with Gasteiger partial charge in [0, 0.05) is 11.2 Å². The lowest BCUT2D eigenvalue weighted by Crippen LogP contribution is -1.96. The molecule has 0 aliphatic heterocycles. The number of hydrogen-bond acceptors (Lipinski definition) is 2. The van der Waals surface area contributed by atoms with E-state index >= 15 is 0 Å². The second kappa shape index (κ2) is 3.14. The van der Waals surface area contributed by atoms with Crippen molar-refractivity contribution >= 4 is 21.7 Å². The van der Waals surface area contributed by atoms with Gasteiger partial charge in [0.1, 0.15) is 5.75 Å². The van der Waals surface area contributed by atoms with Crippen molar-refractivity contribution in [3.8, 4) is 5.75 Å². The first kappa shape index (κ1) is 8.75. The maximum Gasteiger partial charge on any atom is 0.168 e. The van der Waals surface area contributed by atoms with Gasteiger partial charge in [0.25, 0.3) is 0 Å². The molecule has 0 spiro atoms. The summed E-state index contributed by atoms with van der Waals surface area (Å²) in [6.07, 6.45) is 0.537. The Labute approximate surface area is 85.0 Å². The van der Waals surface area contributed by atoms with Crippen LogP contribution in [0.4, 0.5) is 0 Å². The highest BCUT2D eigenvalue weighted by atomic mass is 79.9. The Morgan fingerprint density at radius 1 is 1.54 bits per heavy atom. The molecule has 13 heavy (non-hydrogen) atoms. The van der Waals surface area contributed by atoms with Crippen LogP contribution in [0.3, 0.4) is 0 Å². The van der Waals surface area contributed by atoms with E-state index in [1.807, 2.05) is 18.2 Å². The molecule has 0 saturated carbocycles. The molecule has 0 radical (unpaired) electrons. The molecule has 68 valence electrons. The third-order valence-electron chi connectivity index (χ3n) is 2.26. The molecule has 0 N–H and O–H groups in total. The van der Waals surface area contributed by atoms with Gasteiger partial charge < -0.3 is 4.74 Å². The number of benzene rings is 1. The fraction of sp³-hybridized carbons (Fsp3) is 0.300. The first-order valence-corrected chi connectivity index (χ1v) is 4.99. The van der Waals surface area contributed by atoms with Crippen molar-refractivity contribution in [2.75, 3.05) is 7.11 Å². The van der Waals surface area contributed by atoms with Crippen LogP contribution in [0.15, 0.2) is 18.2 Å². The van der Waals surface area contributed by atoms with Gasteiger partial charge in [0.2, 0.25) is 0 Å². The average Bonchev–Trinajstić information content (AvgIpc) is 2.43. The van der Waals surface area contributed by atoms with Crippen LogP contribution in [0, 0.1) is 0 Å². The molecule has 0 aromatic heterocycles. The van der Waals surface area contributed by atoms with Crippen LogP contribution in [-0.4, -0.2) is 12.9 Å². The van der Waals surface area contributed by atoms with E-state index in [-0.39, 0.29) is 10.6 Å². The number of alkyl halides is 1. The first-order valence-electron chi connectivity index (χ1n) is 4.08. The van der Waals surface area contributed by atoms with Crippen LogP contribution in [0.1, 0.15) is 27.2 Å². The fourth-order valence-corrected chi connectivity index (χ4v) is 2.33. The summed E-state index contributed by atoms with van der Waals surface area (Å²) in [7, 11) is 1.59. The quantitative estimate of drug-likeness (QED) is 0.706. The molecule has 1 aromatic rings. The summed E-state index contributed by atoms with van der Waals surface area (Å²) >= 11 is 3.46. The number of fused-ring (bicyclic) bond motifs is 1. The van der Waals surface area contributed by atoms with Gasteiger partial charge in [-0.3, -0.25) is 4.79 Å². The predicted molar refractivity (Wildman–Crippen MR) is 53.6 cm³/mol. The van der Waals surface area contributed by atoms with Crippen molar-refractivity contribution in [2.24, 2.45) is 0 Å². The number of carbonyl (C=O) groups excluding carboxylic acids is 1. The van der Waals surface area contributed by atoms with E-state index in [1.54, 1.807) is 7.11 Å². The second-order valence-corrected chi connectivity index (χ2v) is 4.12. The molecule has 1 unspecified atom stereocenters. The van der Waals surface area contributed by atoms with Crippen molar-refractivity contribution in [2.45, 2.75) is 11.2 Å². The second-order valence-electron chi connectivity index (χ2n) is 3.02. The molecule has 0 amide bonds. The molecule has 0 fully saturated rings. The van der Waals surface area contributed by atoms with Crippen LogP contribution >= 0.6 is 15.9 Å². The molecule has 2 rings (SSSR count). The Hall–Kier alpha value is -0.830. The van der Waals surface area contributed by atoms with E-state index in [0.717, 1.165) is 11.1 Å². The lowest BCUT2D eigenvalue weighted by molar-refractivity contribution is 0.0992. The molecule has 1 atom stereocenters. The molecule has 3 heteroatoms. The highest BCUT2D eigenvalue weighted by Crippen LogP contribution is 2.41. The number of ether oxygens (including phenoxy) is 1. The number of carbonyl (C=O) groups is 1. The van der Waals surface area contributed by atoms with E-state index in [2.05, 4.69) is 15.9 Å². The molecular formula is C10H9BrO2. The van der Waals surface area contributed by atoms with Crippen molar-refractivity contribution in [3.63, 3.8) is 0 Å². The molecule has 0 saturated heterocycles. The van der Waals surface area contributed by atoms with Gasteiger partial charge in [-0.25, -0.2) is 0 Å². The third-order valence-corrected chi connectivity index (χ3v) is 3.08. The molecule has 1 aromatic carbocycles. The average molecular weight is 241 g/mol. The largest absolute Gasteiger partial charge is 0.496 e.